The van der Waals surface area contributed by atoms with E-state index in [9.17, 15) is 0 Å². The zero-order chi connectivity index (χ0) is 33.9. The van der Waals surface area contributed by atoms with Gasteiger partial charge in [0.15, 0.2) is 5.82 Å². The van der Waals surface area contributed by atoms with Gasteiger partial charge >= 0.3 is 0 Å². The van der Waals surface area contributed by atoms with Crippen molar-refractivity contribution in [1.29, 1.82) is 0 Å². The topological polar surface area (TPSA) is 74.6 Å². The third-order valence-electron chi connectivity index (χ3n) is 9.57. The number of imidazole rings is 1. The Morgan fingerprint density at radius 1 is 0.720 bits per heavy atom. The summed E-state index contributed by atoms with van der Waals surface area (Å²) in [6.45, 7) is 5.10. The van der Waals surface area contributed by atoms with Crippen molar-refractivity contribution < 1.29 is 4.42 Å². The lowest BCUT2D eigenvalue weighted by atomic mass is 9.77. The molecule has 7 nitrogen and oxygen atoms in total. The Labute approximate surface area is 291 Å². The molecule has 5 aromatic carbocycles. The maximum atomic E-state index is 6.67. The van der Waals surface area contributed by atoms with Crippen molar-refractivity contribution in [1.82, 2.24) is 29.8 Å². The van der Waals surface area contributed by atoms with Crippen molar-refractivity contribution in [3.63, 3.8) is 0 Å². The molecule has 0 fully saturated rings. The molecule has 0 unspecified atom stereocenters. The Hall–Kier alpha value is -6.08. The Kier molecular flexibility index (Phi) is 8.39. The molecular weight excluding hydrogens is 617 g/mol. The number of aryl methyl sites for hydroxylation is 2. The molecule has 3 aromatic heterocycles. The number of hydrogen-bond acceptors (Lipinski definition) is 5. The van der Waals surface area contributed by atoms with Crippen LogP contribution in [0.4, 0.5) is 0 Å². The molecule has 0 radical (unpaired) electrons. The van der Waals surface area contributed by atoms with Crippen molar-refractivity contribution in [2.24, 2.45) is 0 Å². The van der Waals surface area contributed by atoms with Gasteiger partial charge in [-0.15, -0.1) is 5.10 Å². The summed E-state index contributed by atoms with van der Waals surface area (Å²) < 4.78 is 10.9. The lowest BCUT2D eigenvalue weighted by Crippen LogP contribution is -2.39. The minimum absolute atomic E-state index is 0.634. The summed E-state index contributed by atoms with van der Waals surface area (Å²) in [6, 6.07) is 46.2. The van der Waals surface area contributed by atoms with Crippen molar-refractivity contribution in [3.8, 4) is 22.7 Å². The second-order valence-corrected chi connectivity index (χ2v) is 12.8. The quantitative estimate of drug-likeness (QED) is 0.130. The van der Waals surface area contributed by atoms with Gasteiger partial charge in [0.05, 0.1) is 0 Å². The molecule has 0 atom stereocenters. The first-order valence-corrected chi connectivity index (χ1v) is 17.2. The Morgan fingerprint density at radius 2 is 1.34 bits per heavy atom. The maximum Gasteiger partial charge on any atom is 0.184 e. The number of benzene rings is 5. The summed E-state index contributed by atoms with van der Waals surface area (Å²) in [5.74, 6) is 2.53. The van der Waals surface area contributed by atoms with Gasteiger partial charge in [-0.05, 0) is 63.7 Å². The predicted octanol–water partition coefficient (Wildman–Crippen LogP) is 9.49. The molecule has 0 bridgehead atoms. The fourth-order valence-electron chi connectivity index (χ4n) is 7.25. The van der Waals surface area contributed by atoms with Crippen LogP contribution >= 0.6 is 0 Å². The highest BCUT2D eigenvalue weighted by Crippen LogP contribution is 2.44. The van der Waals surface area contributed by atoms with E-state index in [1.54, 1.807) is 0 Å². The lowest BCUT2D eigenvalue weighted by Gasteiger charge is -2.36. The molecule has 3 heterocycles. The third kappa shape index (κ3) is 5.50. The van der Waals surface area contributed by atoms with Crippen molar-refractivity contribution in [2.45, 2.75) is 45.2 Å². The summed E-state index contributed by atoms with van der Waals surface area (Å²) in [5, 5.41) is 14.9. The van der Waals surface area contributed by atoms with Crippen LogP contribution in [0.25, 0.3) is 33.7 Å². The number of unbranched alkanes of at least 4 members (excludes halogenated alkanes) is 1. The molecule has 0 amide bonds. The second-order valence-electron chi connectivity index (χ2n) is 12.8. The fraction of sp³-hybridized carbons (Fsp3) is 0.163. The molecule has 8 rings (SSSR count). The van der Waals surface area contributed by atoms with Gasteiger partial charge in [-0.2, -0.15) is 0 Å². The van der Waals surface area contributed by atoms with Gasteiger partial charge in [0.1, 0.15) is 22.7 Å². The smallest absolute Gasteiger partial charge is 0.184 e. The molecule has 8 aromatic rings. The number of nitrogens with zero attached hydrogens (tertiary/aromatic N) is 6. The van der Waals surface area contributed by atoms with E-state index >= 15 is 0 Å². The Balaban J connectivity index is 1.27. The van der Waals surface area contributed by atoms with E-state index in [0.29, 0.717) is 5.82 Å². The van der Waals surface area contributed by atoms with Gasteiger partial charge in [-0.3, -0.25) is 0 Å². The van der Waals surface area contributed by atoms with E-state index in [1.807, 2.05) is 41.2 Å². The standard InChI is InChI=1S/C43H38N6O/c1-3-4-24-40-44-25-26-48(40)30-32-27-31(2)41-33(28-32)29-39(50-41)37-22-14-15-23-38(37)42-45-46-47-49(42)43(34-16-8-5-9-17-34,35-18-10-6-11-19-35)36-20-12-7-13-21-36/h5-23,25-29H,3-4,24,30H2,1-2H3. The van der Waals surface area contributed by atoms with Crippen molar-refractivity contribution in [2.75, 3.05) is 0 Å². The number of hydrogen-bond donors (Lipinski definition) is 0. The highest BCUT2D eigenvalue weighted by Gasteiger charge is 2.42. The van der Waals surface area contributed by atoms with Crippen LogP contribution in [0.15, 0.2) is 150 Å². The minimum Gasteiger partial charge on any atom is -0.456 e. The summed E-state index contributed by atoms with van der Waals surface area (Å²) in [6.07, 6.45) is 7.24. The Bertz CT molecular complexity index is 2260. The van der Waals surface area contributed by atoms with Gasteiger partial charge in [0, 0.05) is 41.9 Å². The first-order valence-electron chi connectivity index (χ1n) is 17.2. The number of rotatable bonds is 11. The first kappa shape index (κ1) is 31.2. The molecule has 0 aliphatic carbocycles. The zero-order valence-corrected chi connectivity index (χ0v) is 28.3. The molecule has 0 spiro atoms. The molecule has 246 valence electrons. The second kappa shape index (κ2) is 13.4. The van der Waals surface area contributed by atoms with E-state index in [0.717, 1.165) is 81.7 Å². The molecule has 0 saturated heterocycles. The third-order valence-corrected chi connectivity index (χ3v) is 9.57. The Morgan fingerprint density at radius 3 is 1.98 bits per heavy atom. The molecular formula is C43H38N6O. The van der Waals surface area contributed by atoms with Crippen LogP contribution in [0.3, 0.4) is 0 Å². The first-order chi connectivity index (χ1) is 24.7. The maximum absolute atomic E-state index is 6.67. The van der Waals surface area contributed by atoms with Gasteiger partial charge in [-0.1, -0.05) is 135 Å². The predicted molar refractivity (Wildman–Crippen MR) is 198 cm³/mol. The van der Waals surface area contributed by atoms with E-state index in [-0.39, 0.29) is 0 Å². The summed E-state index contributed by atoms with van der Waals surface area (Å²) in [4.78, 5) is 4.62. The summed E-state index contributed by atoms with van der Waals surface area (Å²) in [5.41, 5.74) is 7.26. The highest BCUT2D eigenvalue weighted by atomic mass is 16.3. The van der Waals surface area contributed by atoms with Gasteiger partial charge in [0.2, 0.25) is 0 Å². The molecule has 0 saturated carbocycles. The van der Waals surface area contributed by atoms with Gasteiger partial charge in [0.25, 0.3) is 0 Å². The van der Waals surface area contributed by atoms with Crippen molar-refractivity contribution >= 4 is 11.0 Å². The molecule has 7 heteroatoms. The van der Waals surface area contributed by atoms with Crippen LogP contribution in [-0.4, -0.2) is 29.8 Å². The average Bonchev–Trinajstić information content (AvgIpc) is 3.94. The van der Waals surface area contributed by atoms with E-state index < -0.39 is 5.54 Å². The monoisotopic (exact) mass is 654 g/mol. The van der Waals surface area contributed by atoms with Gasteiger partial charge in [-0.25, -0.2) is 9.67 Å². The zero-order valence-electron chi connectivity index (χ0n) is 28.3. The van der Waals surface area contributed by atoms with E-state index in [4.69, 9.17) is 14.7 Å². The van der Waals surface area contributed by atoms with Crippen LogP contribution in [0, 0.1) is 6.92 Å². The van der Waals surface area contributed by atoms with Crippen molar-refractivity contribution in [3.05, 3.63) is 179 Å². The number of tetrazole rings is 1. The lowest BCUT2D eigenvalue weighted by molar-refractivity contribution is 0.451. The summed E-state index contributed by atoms with van der Waals surface area (Å²) in [7, 11) is 0. The minimum atomic E-state index is -0.863. The largest absolute Gasteiger partial charge is 0.456 e. The number of aromatic nitrogens is 6. The van der Waals surface area contributed by atoms with Crippen LogP contribution in [-0.2, 0) is 18.5 Å². The van der Waals surface area contributed by atoms with Crippen LogP contribution in [0.2, 0.25) is 0 Å². The molecule has 0 aliphatic heterocycles. The normalized spacial score (nSPS) is 11.7. The highest BCUT2D eigenvalue weighted by molar-refractivity contribution is 5.89. The number of furan rings is 1. The van der Waals surface area contributed by atoms with Gasteiger partial charge < -0.3 is 8.98 Å². The average molecular weight is 655 g/mol. The fourth-order valence-corrected chi connectivity index (χ4v) is 7.25. The molecule has 50 heavy (non-hydrogen) atoms. The SMILES string of the molecule is CCCCc1nccn1Cc1cc(C)c2oc(-c3ccccc3-c3nnnn3C(c3ccccc3)(c3ccccc3)c3ccccc3)cc2c1. The summed E-state index contributed by atoms with van der Waals surface area (Å²) >= 11 is 0. The van der Waals surface area contributed by atoms with E-state index in [2.05, 4.69) is 138 Å². The number of fused-ring (bicyclic) bond motifs is 1. The van der Waals surface area contributed by atoms with Crippen LogP contribution in [0.5, 0.6) is 0 Å². The van der Waals surface area contributed by atoms with Crippen LogP contribution in [0.1, 0.15) is 53.4 Å². The van der Waals surface area contributed by atoms with Crippen LogP contribution < -0.4 is 0 Å². The molecule has 0 aliphatic rings. The molecule has 0 N–H and O–H groups in total. The van der Waals surface area contributed by atoms with E-state index in [1.165, 1.54) is 5.56 Å².